The van der Waals surface area contributed by atoms with Crippen LogP contribution in [-0.2, 0) is 4.79 Å². The second-order valence-corrected chi connectivity index (χ2v) is 5.64. The van der Waals surface area contributed by atoms with Gasteiger partial charge in [-0.1, -0.05) is 35.9 Å². The van der Waals surface area contributed by atoms with Gasteiger partial charge in [-0.2, -0.15) is 0 Å². The number of carbonyl (C=O) groups excluding carboxylic acids is 1. The van der Waals surface area contributed by atoms with Gasteiger partial charge in [-0.05, 0) is 43.4 Å². The Morgan fingerprint density at radius 3 is 2.68 bits per heavy atom. The molecule has 0 radical (unpaired) electrons. The Bertz CT molecular complexity index is 466. The van der Waals surface area contributed by atoms with Crippen LogP contribution in [0.25, 0.3) is 0 Å². The fourth-order valence-electron chi connectivity index (χ4n) is 2.41. The Hall–Kier alpha value is -1.28. The topological polar surface area (TPSA) is 20.3 Å². The summed E-state index contributed by atoms with van der Waals surface area (Å²) in [4.78, 5) is 14.1. The SMILES string of the molecule is CC(c1ccc(Cl)cc1)N(C)C(=O)CC1C=CCC1. The summed E-state index contributed by atoms with van der Waals surface area (Å²) in [6.45, 7) is 2.05. The number of nitrogens with zero attached hydrogens (tertiary/aromatic N) is 1. The Morgan fingerprint density at radius 1 is 1.42 bits per heavy atom. The standard InChI is InChI=1S/C16H20ClNO/c1-12(14-7-9-15(17)10-8-14)18(2)16(19)11-13-5-3-4-6-13/h3,5,7-10,12-13H,4,6,11H2,1-2H3. The number of hydrogen-bond donors (Lipinski definition) is 0. The fourth-order valence-corrected chi connectivity index (χ4v) is 2.54. The van der Waals surface area contributed by atoms with Crippen LogP contribution < -0.4 is 0 Å². The molecule has 102 valence electrons. The lowest BCUT2D eigenvalue weighted by Crippen LogP contribution is -2.30. The molecular weight excluding hydrogens is 258 g/mol. The van der Waals surface area contributed by atoms with Gasteiger partial charge in [0.2, 0.25) is 5.91 Å². The smallest absolute Gasteiger partial charge is 0.223 e. The second-order valence-electron chi connectivity index (χ2n) is 5.20. The van der Waals surface area contributed by atoms with Crippen molar-refractivity contribution in [1.29, 1.82) is 0 Å². The largest absolute Gasteiger partial charge is 0.339 e. The van der Waals surface area contributed by atoms with Crippen LogP contribution in [0.15, 0.2) is 36.4 Å². The molecule has 19 heavy (non-hydrogen) atoms. The third-order valence-electron chi connectivity index (χ3n) is 3.88. The van der Waals surface area contributed by atoms with E-state index in [-0.39, 0.29) is 11.9 Å². The highest BCUT2D eigenvalue weighted by molar-refractivity contribution is 6.30. The monoisotopic (exact) mass is 277 g/mol. The van der Waals surface area contributed by atoms with Gasteiger partial charge in [-0.3, -0.25) is 4.79 Å². The molecule has 2 atom stereocenters. The summed E-state index contributed by atoms with van der Waals surface area (Å²) in [5, 5.41) is 0.723. The van der Waals surface area contributed by atoms with Gasteiger partial charge < -0.3 is 4.90 Å². The number of benzene rings is 1. The molecule has 0 aliphatic heterocycles. The van der Waals surface area contributed by atoms with Crippen molar-refractivity contribution < 1.29 is 4.79 Å². The average molecular weight is 278 g/mol. The Balaban J connectivity index is 1.97. The van der Waals surface area contributed by atoms with Crippen molar-refractivity contribution in [3.8, 4) is 0 Å². The molecule has 0 N–H and O–H groups in total. The van der Waals surface area contributed by atoms with Gasteiger partial charge in [-0.25, -0.2) is 0 Å². The predicted molar refractivity (Wildman–Crippen MR) is 79.1 cm³/mol. The number of hydrogen-bond acceptors (Lipinski definition) is 1. The van der Waals surface area contributed by atoms with E-state index in [1.54, 1.807) is 0 Å². The molecule has 1 aromatic rings. The van der Waals surface area contributed by atoms with E-state index in [1.165, 1.54) is 0 Å². The van der Waals surface area contributed by atoms with Crippen LogP contribution in [0.4, 0.5) is 0 Å². The summed E-state index contributed by atoms with van der Waals surface area (Å²) in [6.07, 6.45) is 7.16. The van der Waals surface area contributed by atoms with Crippen LogP contribution in [0.3, 0.4) is 0 Å². The van der Waals surface area contributed by atoms with Crippen molar-refractivity contribution in [3.05, 3.63) is 47.0 Å². The second kappa shape index (κ2) is 6.25. The highest BCUT2D eigenvalue weighted by atomic mass is 35.5. The zero-order valence-electron chi connectivity index (χ0n) is 11.5. The zero-order chi connectivity index (χ0) is 13.8. The first-order chi connectivity index (χ1) is 9.08. The molecule has 3 heteroatoms. The van der Waals surface area contributed by atoms with Gasteiger partial charge >= 0.3 is 0 Å². The summed E-state index contributed by atoms with van der Waals surface area (Å²) in [5.74, 6) is 0.631. The van der Waals surface area contributed by atoms with E-state index >= 15 is 0 Å². The molecule has 1 aromatic carbocycles. The lowest BCUT2D eigenvalue weighted by molar-refractivity contribution is -0.132. The third-order valence-corrected chi connectivity index (χ3v) is 4.13. The van der Waals surface area contributed by atoms with E-state index in [2.05, 4.69) is 12.2 Å². The highest BCUT2D eigenvalue weighted by Gasteiger charge is 2.21. The first-order valence-corrected chi connectivity index (χ1v) is 7.13. The third kappa shape index (κ3) is 3.60. The molecular formula is C16H20ClNO. The van der Waals surface area contributed by atoms with Crippen molar-refractivity contribution in [2.75, 3.05) is 7.05 Å². The van der Waals surface area contributed by atoms with Crippen molar-refractivity contribution in [1.82, 2.24) is 4.90 Å². The van der Waals surface area contributed by atoms with Crippen molar-refractivity contribution in [2.24, 2.45) is 5.92 Å². The first-order valence-electron chi connectivity index (χ1n) is 6.75. The van der Waals surface area contributed by atoms with Gasteiger partial charge in [-0.15, -0.1) is 0 Å². The molecule has 0 bridgehead atoms. The first kappa shape index (κ1) is 14.1. The van der Waals surface area contributed by atoms with Crippen LogP contribution in [0.2, 0.25) is 5.02 Å². The van der Waals surface area contributed by atoms with Crippen LogP contribution in [0.5, 0.6) is 0 Å². The van der Waals surface area contributed by atoms with Crippen molar-refractivity contribution in [3.63, 3.8) is 0 Å². The summed E-state index contributed by atoms with van der Waals surface area (Å²) in [5.41, 5.74) is 1.11. The molecule has 0 saturated heterocycles. The van der Waals surface area contributed by atoms with Gasteiger partial charge in [0.1, 0.15) is 0 Å². The molecule has 2 unspecified atom stereocenters. The summed E-state index contributed by atoms with van der Waals surface area (Å²) < 4.78 is 0. The van der Waals surface area contributed by atoms with Crippen LogP contribution >= 0.6 is 11.6 Å². The minimum atomic E-state index is 0.0788. The maximum atomic E-state index is 12.2. The molecule has 2 rings (SSSR count). The molecule has 0 spiro atoms. The molecule has 1 aliphatic carbocycles. The lowest BCUT2D eigenvalue weighted by Gasteiger charge is -2.26. The molecule has 0 heterocycles. The van der Waals surface area contributed by atoms with Crippen molar-refractivity contribution in [2.45, 2.75) is 32.2 Å². The normalized spacial score (nSPS) is 19.4. The molecule has 0 saturated carbocycles. The lowest BCUT2D eigenvalue weighted by atomic mass is 10.0. The Kier molecular flexibility index (Phi) is 4.65. The van der Waals surface area contributed by atoms with E-state index in [0.717, 1.165) is 23.4 Å². The zero-order valence-corrected chi connectivity index (χ0v) is 12.2. The summed E-state index contributed by atoms with van der Waals surface area (Å²) in [7, 11) is 1.88. The number of allylic oxidation sites excluding steroid dienone is 2. The van der Waals surface area contributed by atoms with E-state index in [1.807, 2.05) is 43.1 Å². The average Bonchev–Trinajstić information content (AvgIpc) is 2.90. The number of rotatable bonds is 4. The Labute approximate surface area is 120 Å². The number of halogens is 1. The van der Waals surface area contributed by atoms with Crippen LogP contribution in [-0.4, -0.2) is 17.9 Å². The van der Waals surface area contributed by atoms with E-state index < -0.39 is 0 Å². The predicted octanol–water partition coefficient (Wildman–Crippen LogP) is 4.22. The van der Waals surface area contributed by atoms with Crippen LogP contribution in [0, 0.1) is 5.92 Å². The molecule has 0 fully saturated rings. The van der Waals surface area contributed by atoms with Gasteiger partial charge in [0.05, 0.1) is 6.04 Å². The maximum Gasteiger partial charge on any atom is 0.223 e. The molecule has 1 amide bonds. The minimum Gasteiger partial charge on any atom is -0.339 e. The van der Waals surface area contributed by atoms with Gasteiger partial charge in [0, 0.05) is 18.5 Å². The fraction of sp³-hybridized carbons (Fsp3) is 0.438. The molecule has 0 aromatic heterocycles. The number of carbonyl (C=O) groups is 1. The number of amides is 1. The van der Waals surface area contributed by atoms with Gasteiger partial charge in [0.15, 0.2) is 0 Å². The highest BCUT2D eigenvalue weighted by Crippen LogP contribution is 2.25. The van der Waals surface area contributed by atoms with E-state index in [4.69, 9.17) is 11.6 Å². The quantitative estimate of drug-likeness (QED) is 0.755. The van der Waals surface area contributed by atoms with Crippen molar-refractivity contribution >= 4 is 17.5 Å². The Morgan fingerprint density at radius 2 is 2.11 bits per heavy atom. The summed E-state index contributed by atoms with van der Waals surface area (Å²) in [6, 6.07) is 7.77. The maximum absolute atomic E-state index is 12.2. The molecule has 2 nitrogen and oxygen atoms in total. The summed E-state index contributed by atoms with van der Waals surface area (Å²) >= 11 is 5.88. The molecule has 1 aliphatic rings. The minimum absolute atomic E-state index is 0.0788. The van der Waals surface area contributed by atoms with E-state index in [0.29, 0.717) is 12.3 Å². The van der Waals surface area contributed by atoms with Gasteiger partial charge in [0.25, 0.3) is 0 Å². The van der Waals surface area contributed by atoms with E-state index in [9.17, 15) is 4.79 Å². The van der Waals surface area contributed by atoms with Crippen LogP contribution in [0.1, 0.15) is 37.8 Å².